The number of aryl methyl sites for hydroxylation is 2. The normalized spacial score (nSPS) is 18.7. The van der Waals surface area contributed by atoms with Gasteiger partial charge in [-0.25, -0.2) is 0 Å². The van der Waals surface area contributed by atoms with Crippen molar-refractivity contribution >= 4 is 0 Å². The first-order valence-electron chi connectivity index (χ1n) is 6.48. The Morgan fingerprint density at radius 2 is 1.83 bits per heavy atom. The number of rotatable bonds is 5. The van der Waals surface area contributed by atoms with Crippen molar-refractivity contribution in [1.29, 1.82) is 0 Å². The van der Waals surface area contributed by atoms with Crippen LogP contribution in [0.1, 0.15) is 29.5 Å². The average molecular weight is 249 g/mol. The first-order valence-corrected chi connectivity index (χ1v) is 6.48. The second kappa shape index (κ2) is 5.39. The van der Waals surface area contributed by atoms with Gasteiger partial charge in [-0.1, -0.05) is 18.2 Å². The fourth-order valence-electron chi connectivity index (χ4n) is 2.43. The Morgan fingerprint density at radius 3 is 2.39 bits per heavy atom. The van der Waals surface area contributed by atoms with Crippen molar-refractivity contribution < 1.29 is 9.47 Å². The summed E-state index contributed by atoms with van der Waals surface area (Å²) in [6.07, 6.45) is 1.84. The molecule has 1 N–H and O–H groups in total. The average Bonchev–Trinajstić information content (AvgIpc) is 2.33. The monoisotopic (exact) mass is 249 g/mol. The number of hydrogen-bond donors (Lipinski definition) is 1. The third-order valence-electron chi connectivity index (χ3n) is 4.03. The molecule has 0 atom stereocenters. The van der Waals surface area contributed by atoms with Gasteiger partial charge in [0.1, 0.15) is 0 Å². The quantitative estimate of drug-likeness (QED) is 0.813. The molecule has 0 heterocycles. The highest BCUT2D eigenvalue weighted by Crippen LogP contribution is 2.36. The Kier molecular flexibility index (Phi) is 4.05. The van der Waals surface area contributed by atoms with Crippen LogP contribution in [0.4, 0.5) is 0 Å². The molecule has 0 amide bonds. The number of benzene rings is 1. The summed E-state index contributed by atoms with van der Waals surface area (Å²) < 4.78 is 10.8. The third kappa shape index (κ3) is 2.74. The Morgan fingerprint density at radius 1 is 1.17 bits per heavy atom. The van der Waals surface area contributed by atoms with Crippen LogP contribution in [0.15, 0.2) is 18.2 Å². The van der Waals surface area contributed by atoms with Gasteiger partial charge in [0.05, 0.1) is 0 Å². The maximum absolute atomic E-state index is 5.38. The van der Waals surface area contributed by atoms with Crippen LogP contribution in [0.5, 0.6) is 0 Å². The first kappa shape index (κ1) is 13.5. The molecule has 0 unspecified atom stereocenters. The van der Waals surface area contributed by atoms with E-state index in [1.165, 1.54) is 16.7 Å². The minimum atomic E-state index is -0.346. The summed E-state index contributed by atoms with van der Waals surface area (Å²) in [4.78, 5) is 0. The third-order valence-corrected chi connectivity index (χ3v) is 4.03. The van der Waals surface area contributed by atoms with Gasteiger partial charge in [-0.15, -0.1) is 0 Å². The van der Waals surface area contributed by atoms with Crippen molar-refractivity contribution in [3.8, 4) is 0 Å². The SMILES string of the molecule is COC1(OC)CC(NCc2ccc(C)c(C)c2)C1. The molecule has 1 saturated carbocycles. The zero-order chi connectivity index (χ0) is 13.2. The van der Waals surface area contributed by atoms with E-state index < -0.39 is 0 Å². The second-order valence-electron chi connectivity index (χ2n) is 5.22. The largest absolute Gasteiger partial charge is 0.353 e. The molecule has 2 rings (SSSR count). The van der Waals surface area contributed by atoms with Crippen LogP contribution in [0.3, 0.4) is 0 Å². The summed E-state index contributed by atoms with van der Waals surface area (Å²) in [6, 6.07) is 7.11. The molecule has 3 heteroatoms. The Labute approximate surface area is 109 Å². The maximum Gasteiger partial charge on any atom is 0.170 e. The van der Waals surface area contributed by atoms with E-state index in [9.17, 15) is 0 Å². The molecule has 0 aliphatic heterocycles. The van der Waals surface area contributed by atoms with Crippen LogP contribution in [0.2, 0.25) is 0 Å². The molecule has 0 saturated heterocycles. The van der Waals surface area contributed by atoms with E-state index in [1.807, 2.05) is 0 Å². The fraction of sp³-hybridized carbons (Fsp3) is 0.600. The van der Waals surface area contributed by atoms with Crippen molar-refractivity contribution in [3.05, 3.63) is 34.9 Å². The van der Waals surface area contributed by atoms with E-state index in [0.717, 1.165) is 19.4 Å². The van der Waals surface area contributed by atoms with Crippen LogP contribution in [0.25, 0.3) is 0 Å². The Hall–Kier alpha value is -0.900. The van der Waals surface area contributed by atoms with Gasteiger partial charge in [-0.2, -0.15) is 0 Å². The van der Waals surface area contributed by atoms with Gasteiger partial charge in [0, 0.05) is 39.6 Å². The van der Waals surface area contributed by atoms with Crippen molar-refractivity contribution in [2.75, 3.05) is 14.2 Å². The topological polar surface area (TPSA) is 30.5 Å². The summed E-state index contributed by atoms with van der Waals surface area (Å²) in [7, 11) is 3.42. The Bertz CT molecular complexity index is 405. The van der Waals surface area contributed by atoms with E-state index in [1.54, 1.807) is 14.2 Å². The molecule has 3 nitrogen and oxygen atoms in total. The molecule has 1 aliphatic rings. The van der Waals surface area contributed by atoms with Crippen molar-refractivity contribution in [3.63, 3.8) is 0 Å². The minimum Gasteiger partial charge on any atom is -0.353 e. The lowest BCUT2D eigenvalue weighted by Gasteiger charge is -2.45. The zero-order valence-corrected chi connectivity index (χ0v) is 11.7. The molecule has 0 radical (unpaired) electrons. The second-order valence-corrected chi connectivity index (χ2v) is 5.22. The van der Waals surface area contributed by atoms with E-state index in [0.29, 0.717) is 6.04 Å². The molecule has 0 bridgehead atoms. The van der Waals surface area contributed by atoms with Gasteiger partial charge >= 0.3 is 0 Å². The zero-order valence-electron chi connectivity index (χ0n) is 11.7. The van der Waals surface area contributed by atoms with Crippen LogP contribution >= 0.6 is 0 Å². The lowest BCUT2D eigenvalue weighted by atomic mass is 9.85. The molecule has 1 aromatic carbocycles. The highest BCUT2D eigenvalue weighted by atomic mass is 16.7. The molecule has 100 valence electrons. The lowest BCUT2D eigenvalue weighted by molar-refractivity contribution is -0.259. The lowest BCUT2D eigenvalue weighted by Crippen LogP contribution is -2.55. The van der Waals surface area contributed by atoms with Gasteiger partial charge in [-0.3, -0.25) is 0 Å². The first-order chi connectivity index (χ1) is 8.58. The van der Waals surface area contributed by atoms with Gasteiger partial charge in [0.15, 0.2) is 5.79 Å². The van der Waals surface area contributed by atoms with Gasteiger partial charge < -0.3 is 14.8 Å². The standard InChI is InChI=1S/C15H23NO2/c1-11-5-6-13(7-12(11)2)10-16-14-8-15(9-14,17-3)18-4/h5-7,14,16H,8-10H2,1-4H3. The van der Waals surface area contributed by atoms with Crippen molar-refractivity contribution in [2.45, 2.75) is 45.1 Å². The smallest absolute Gasteiger partial charge is 0.170 e. The van der Waals surface area contributed by atoms with Gasteiger partial charge in [0.2, 0.25) is 0 Å². The van der Waals surface area contributed by atoms with E-state index in [-0.39, 0.29) is 5.79 Å². The predicted molar refractivity (Wildman–Crippen MR) is 72.5 cm³/mol. The van der Waals surface area contributed by atoms with E-state index in [4.69, 9.17) is 9.47 Å². The van der Waals surface area contributed by atoms with E-state index in [2.05, 4.69) is 37.4 Å². The maximum atomic E-state index is 5.38. The molecule has 1 aromatic rings. The summed E-state index contributed by atoms with van der Waals surface area (Å²) in [5, 5.41) is 3.55. The minimum absolute atomic E-state index is 0.346. The molecule has 18 heavy (non-hydrogen) atoms. The fourth-order valence-corrected chi connectivity index (χ4v) is 2.43. The highest BCUT2D eigenvalue weighted by molar-refractivity contribution is 5.29. The summed E-state index contributed by atoms with van der Waals surface area (Å²) >= 11 is 0. The summed E-state index contributed by atoms with van der Waals surface area (Å²) in [5.74, 6) is -0.346. The van der Waals surface area contributed by atoms with Gasteiger partial charge in [0.25, 0.3) is 0 Å². The molecule has 0 aromatic heterocycles. The van der Waals surface area contributed by atoms with Crippen LogP contribution < -0.4 is 5.32 Å². The number of nitrogens with one attached hydrogen (secondary N) is 1. The van der Waals surface area contributed by atoms with Crippen molar-refractivity contribution in [2.24, 2.45) is 0 Å². The van der Waals surface area contributed by atoms with Crippen LogP contribution in [-0.2, 0) is 16.0 Å². The van der Waals surface area contributed by atoms with E-state index >= 15 is 0 Å². The predicted octanol–water partition coefficient (Wildman–Crippen LogP) is 2.54. The Balaban J connectivity index is 1.81. The molecule has 0 spiro atoms. The molecular weight excluding hydrogens is 226 g/mol. The molecule has 1 aliphatic carbocycles. The summed E-state index contributed by atoms with van der Waals surface area (Å²) in [5.41, 5.74) is 4.04. The van der Waals surface area contributed by atoms with Crippen LogP contribution in [-0.4, -0.2) is 26.0 Å². The number of hydrogen-bond acceptors (Lipinski definition) is 3. The van der Waals surface area contributed by atoms with Crippen LogP contribution in [0, 0.1) is 13.8 Å². The molecule has 1 fully saturated rings. The molecular formula is C15H23NO2. The highest BCUT2D eigenvalue weighted by Gasteiger charge is 2.44. The summed E-state index contributed by atoms with van der Waals surface area (Å²) in [6.45, 7) is 5.21. The number of ether oxygens (including phenoxy) is 2. The number of methoxy groups -OCH3 is 2. The van der Waals surface area contributed by atoms with Gasteiger partial charge in [-0.05, 0) is 30.5 Å². The van der Waals surface area contributed by atoms with Crippen molar-refractivity contribution in [1.82, 2.24) is 5.32 Å².